The van der Waals surface area contributed by atoms with E-state index in [1.54, 1.807) is 0 Å². The van der Waals surface area contributed by atoms with Crippen LogP contribution < -0.4 is 0 Å². The van der Waals surface area contributed by atoms with E-state index in [-0.39, 0.29) is 6.04 Å². The maximum absolute atomic E-state index is 9.32. The Morgan fingerprint density at radius 2 is 2.12 bits per heavy atom. The van der Waals surface area contributed by atoms with Crippen LogP contribution >= 0.6 is 0 Å². The first-order chi connectivity index (χ1) is 12.8. The molecule has 1 fully saturated rings. The summed E-state index contributed by atoms with van der Waals surface area (Å²) in [6, 6.07) is 10.4. The molecule has 2 aromatic rings. The van der Waals surface area contributed by atoms with Gasteiger partial charge in [-0.15, -0.1) is 0 Å². The van der Waals surface area contributed by atoms with Gasteiger partial charge in [0.25, 0.3) is 0 Å². The van der Waals surface area contributed by atoms with Gasteiger partial charge >= 0.3 is 0 Å². The SMILES string of the molecule is C[C@@H]1c2ncc(CCOCC3CC3)n2CCN1Cc1ccccc1C#N. The number of ether oxygens (including phenoxy) is 1. The molecule has 5 heteroatoms. The van der Waals surface area contributed by atoms with Crippen LogP contribution in [-0.2, 0) is 24.2 Å². The number of nitriles is 1. The third kappa shape index (κ3) is 3.67. The second-order valence-corrected chi connectivity index (χ2v) is 7.44. The van der Waals surface area contributed by atoms with Crippen molar-refractivity contribution in [3.8, 4) is 6.07 Å². The number of fused-ring (bicyclic) bond motifs is 1. The predicted molar refractivity (Wildman–Crippen MR) is 99.5 cm³/mol. The van der Waals surface area contributed by atoms with Gasteiger partial charge in [0, 0.05) is 44.6 Å². The van der Waals surface area contributed by atoms with Gasteiger partial charge in [-0.25, -0.2) is 4.98 Å². The van der Waals surface area contributed by atoms with Crippen LogP contribution in [0.3, 0.4) is 0 Å². The molecular formula is C21H26N4O. The number of nitrogens with zero attached hydrogens (tertiary/aromatic N) is 4. The molecule has 1 aliphatic carbocycles. The summed E-state index contributed by atoms with van der Waals surface area (Å²) in [5, 5.41) is 9.32. The molecule has 0 N–H and O–H groups in total. The van der Waals surface area contributed by atoms with E-state index in [2.05, 4.69) is 28.5 Å². The zero-order valence-electron chi connectivity index (χ0n) is 15.4. The Labute approximate surface area is 155 Å². The number of benzene rings is 1. The first-order valence-corrected chi connectivity index (χ1v) is 9.60. The summed E-state index contributed by atoms with van der Waals surface area (Å²) < 4.78 is 8.15. The Morgan fingerprint density at radius 3 is 2.92 bits per heavy atom. The van der Waals surface area contributed by atoms with Gasteiger partial charge < -0.3 is 9.30 Å². The molecule has 2 aliphatic rings. The Bertz CT molecular complexity index is 803. The third-order valence-electron chi connectivity index (χ3n) is 5.57. The lowest BCUT2D eigenvalue weighted by molar-refractivity contribution is 0.124. The molecule has 4 rings (SSSR count). The van der Waals surface area contributed by atoms with Crippen molar-refractivity contribution in [3.05, 3.63) is 53.1 Å². The molecule has 0 unspecified atom stereocenters. The van der Waals surface area contributed by atoms with Crippen molar-refractivity contribution in [3.63, 3.8) is 0 Å². The molecule has 1 saturated carbocycles. The monoisotopic (exact) mass is 350 g/mol. The first-order valence-electron chi connectivity index (χ1n) is 9.60. The summed E-state index contributed by atoms with van der Waals surface area (Å²) in [4.78, 5) is 7.11. The largest absolute Gasteiger partial charge is 0.381 e. The highest BCUT2D eigenvalue weighted by Crippen LogP contribution is 2.29. The van der Waals surface area contributed by atoms with Crippen molar-refractivity contribution < 1.29 is 4.74 Å². The quantitative estimate of drug-likeness (QED) is 0.719. The number of hydrogen-bond donors (Lipinski definition) is 0. The Hall–Kier alpha value is -2.16. The number of imidazole rings is 1. The zero-order chi connectivity index (χ0) is 17.9. The molecule has 1 aromatic heterocycles. The van der Waals surface area contributed by atoms with Gasteiger partial charge in [-0.3, -0.25) is 4.90 Å². The minimum absolute atomic E-state index is 0.247. The summed E-state index contributed by atoms with van der Waals surface area (Å²) in [7, 11) is 0. The average Bonchev–Trinajstić information content (AvgIpc) is 3.40. The smallest absolute Gasteiger partial charge is 0.126 e. The van der Waals surface area contributed by atoms with Gasteiger partial charge in [-0.05, 0) is 37.3 Å². The second kappa shape index (κ2) is 7.61. The van der Waals surface area contributed by atoms with Gasteiger partial charge in [0.15, 0.2) is 0 Å². The van der Waals surface area contributed by atoms with Gasteiger partial charge in [0.1, 0.15) is 5.82 Å². The highest BCUT2D eigenvalue weighted by atomic mass is 16.5. The van der Waals surface area contributed by atoms with Crippen molar-refractivity contribution >= 4 is 0 Å². The molecule has 5 nitrogen and oxygen atoms in total. The van der Waals surface area contributed by atoms with E-state index in [1.807, 2.05) is 24.4 Å². The topological polar surface area (TPSA) is 54.1 Å². The van der Waals surface area contributed by atoms with Crippen LogP contribution in [0.2, 0.25) is 0 Å². The van der Waals surface area contributed by atoms with Crippen LogP contribution in [0.25, 0.3) is 0 Å². The molecule has 0 amide bonds. The fourth-order valence-corrected chi connectivity index (χ4v) is 3.72. The fourth-order valence-electron chi connectivity index (χ4n) is 3.72. The van der Waals surface area contributed by atoms with Crippen molar-refractivity contribution in [2.75, 3.05) is 19.8 Å². The number of aromatic nitrogens is 2. The molecule has 1 aromatic carbocycles. The van der Waals surface area contributed by atoms with Crippen LogP contribution in [0.4, 0.5) is 0 Å². The Kier molecular flexibility index (Phi) is 5.05. The molecule has 1 aliphatic heterocycles. The lowest BCUT2D eigenvalue weighted by Gasteiger charge is -2.34. The van der Waals surface area contributed by atoms with Gasteiger partial charge in [-0.2, -0.15) is 5.26 Å². The average molecular weight is 350 g/mol. The summed E-state index contributed by atoms with van der Waals surface area (Å²) in [5.41, 5.74) is 3.14. The lowest BCUT2D eigenvalue weighted by Crippen LogP contribution is -2.37. The van der Waals surface area contributed by atoms with Crippen LogP contribution in [0.5, 0.6) is 0 Å². The number of rotatable bonds is 7. The van der Waals surface area contributed by atoms with E-state index in [1.165, 1.54) is 18.5 Å². The van der Waals surface area contributed by atoms with E-state index in [4.69, 9.17) is 9.72 Å². The molecular weight excluding hydrogens is 324 g/mol. The van der Waals surface area contributed by atoms with Gasteiger partial charge in [0.2, 0.25) is 0 Å². The molecule has 1 atom stereocenters. The summed E-state index contributed by atoms with van der Waals surface area (Å²) in [6.07, 6.45) is 5.62. The maximum atomic E-state index is 9.32. The van der Waals surface area contributed by atoms with Gasteiger partial charge in [0.05, 0.1) is 24.3 Å². The number of hydrogen-bond acceptors (Lipinski definition) is 4. The Balaban J connectivity index is 1.40. The van der Waals surface area contributed by atoms with Crippen molar-refractivity contribution in [2.24, 2.45) is 5.92 Å². The van der Waals surface area contributed by atoms with Crippen molar-refractivity contribution in [1.29, 1.82) is 5.26 Å². The first kappa shape index (κ1) is 17.3. The Morgan fingerprint density at radius 1 is 1.27 bits per heavy atom. The molecule has 0 radical (unpaired) electrons. The predicted octanol–water partition coefficient (Wildman–Crippen LogP) is 3.30. The highest BCUT2D eigenvalue weighted by molar-refractivity contribution is 5.37. The van der Waals surface area contributed by atoms with Crippen LogP contribution in [0.15, 0.2) is 30.5 Å². The van der Waals surface area contributed by atoms with E-state index < -0.39 is 0 Å². The van der Waals surface area contributed by atoms with E-state index in [0.717, 1.165) is 62.1 Å². The molecule has 136 valence electrons. The summed E-state index contributed by atoms with van der Waals surface area (Å²) >= 11 is 0. The third-order valence-corrected chi connectivity index (χ3v) is 5.57. The normalized spacial score (nSPS) is 19.9. The molecule has 0 spiro atoms. The van der Waals surface area contributed by atoms with E-state index in [9.17, 15) is 5.26 Å². The molecule has 2 heterocycles. The minimum atomic E-state index is 0.247. The van der Waals surface area contributed by atoms with E-state index >= 15 is 0 Å². The fraction of sp³-hybridized carbons (Fsp3) is 0.524. The molecule has 0 saturated heterocycles. The maximum Gasteiger partial charge on any atom is 0.126 e. The van der Waals surface area contributed by atoms with Crippen LogP contribution in [-0.4, -0.2) is 34.2 Å². The standard InChI is InChI=1S/C21H26N4O/c1-16-21-23-13-20(8-11-26-15-17-6-7-17)25(21)10-9-24(16)14-19-5-3-2-4-18(19)12-22/h2-5,13,16-17H,6-11,14-15H2,1H3/t16-/m1/s1. The summed E-state index contributed by atoms with van der Waals surface area (Å²) in [6.45, 7) is 6.63. The van der Waals surface area contributed by atoms with E-state index in [0.29, 0.717) is 0 Å². The summed E-state index contributed by atoms with van der Waals surface area (Å²) in [5.74, 6) is 1.95. The lowest BCUT2D eigenvalue weighted by atomic mass is 10.1. The molecule has 26 heavy (non-hydrogen) atoms. The highest BCUT2D eigenvalue weighted by Gasteiger charge is 2.27. The van der Waals surface area contributed by atoms with Crippen LogP contribution in [0.1, 0.15) is 48.5 Å². The van der Waals surface area contributed by atoms with Crippen molar-refractivity contribution in [1.82, 2.24) is 14.5 Å². The zero-order valence-corrected chi connectivity index (χ0v) is 15.4. The minimum Gasteiger partial charge on any atom is -0.381 e. The van der Waals surface area contributed by atoms with Crippen molar-refractivity contribution in [2.45, 2.75) is 45.3 Å². The van der Waals surface area contributed by atoms with Gasteiger partial charge in [-0.1, -0.05) is 18.2 Å². The molecule has 0 bridgehead atoms. The van der Waals surface area contributed by atoms with Crippen LogP contribution in [0, 0.1) is 17.2 Å². The second-order valence-electron chi connectivity index (χ2n) is 7.44.